The van der Waals surface area contributed by atoms with Crippen molar-refractivity contribution in [2.45, 2.75) is 13.1 Å². The van der Waals surface area contributed by atoms with Crippen molar-refractivity contribution in [3.05, 3.63) is 46.3 Å². The molecule has 0 saturated carbocycles. The largest absolute Gasteiger partial charge is 0.417 e. The molecule has 2 aromatic rings. The minimum absolute atomic E-state index is 0.0108. The molecule has 0 saturated heterocycles. The SMILES string of the molecule is CC#N.Nc1nccc(Nc2ccc(C(F)(F)F)cn2)c1[N+](=O)[O-]. The average molecular weight is 340 g/mol. The zero-order valence-corrected chi connectivity index (χ0v) is 12.2. The van der Waals surface area contributed by atoms with E-state index < -0.39 is 22.4 Å². The zero-order chi connectivity index (χ0) is 18.3. The van der Waals surface area contributed by atoms with Crippen molar-refractivity contribution in [3.8, 4) is 6.07 Å². The molecule has 0 atom stereocenters. The Bertz CT molecular complexity index is 756. The first-order valence-corrected chi connectivity index (χ1v) is 6.20. The van der Waals surface area contributed by atoms with Crippen LogP contribution >= 0.6 is 0 Å². The van der Waals surface area contributed by atoms with Crippen LogP contribution in [-0.4, -0.2) is 14.9 Å². The van der Waals surface area contributed by atoms with Gasteiger partial charge in [0.15, 0.2) is 0 Å². The highest BCUT2D eigenvalue weighted by atomic mass is 19.4. The summed E-state index contributed by atoms with van der Waals surface area (Å²) in [6.07, 6.45) is -2.65. The maximum absolute atomic E-state index is 12.4. The molecule has 0 aliphatic carbocycles. The monoisotopic (exact) mass is 340 g/mol. The van der Waals surface area contributed by atoms with Crippen molar-refractivity contribution in [1.29, 1.82) is 5.26 Å². The third-order valence-corrected chi connectivity index (χ3v) is 2.49. The van der Waals surface area contributed by atoms with E-state index in [4.69, 9.17) is 11.0 Å². The third-order valence-electron chi connectivity index (χ3n) is 2.49. The molecule has 0 spiro atoms. The first kappa shape index (κ1) is 18.6. The number of hydrogen-bond donors (Lipinski definition) is 2. The minimum atomic E-state index is -4.50. The Morgan fingerprint density at radius 2 is 1.96 bits per heavy atom. The van der Waals surface area contributed by atoms with Gasteiger partial charge >= 0.3 is 11.9 Å². The first-order chi connectivity index (χ1) is 11.2. The fourth-order valence-corrected chi connectivity index (χ4v) is 1.54. The number of nitrogens with zero attached hydrogens (tertiary/aromatic N) is 4. The highest BCUT2D eigenvalue weighted by Crippen LogP contribution is 2.32. The lowest BCUT2D eigenvalue weighted by molar-refractivity contribution is -0.383. The molecule has 0 aromatic carbocycles. The molecule has 0 aliphatic heterocycles. The van der Waals surface area contributed by atoms with Crippen molar-refractivity contribution in [1.82, 2.24) is 9.97 Å². The third kappa shape index (κ3) is 4.80. The molecule has 24 heavy (non-hydrogen) atoms. The van der Waals surface area contributed by atoms with Crippen molar-refractivity contribution in [2.75, 3.05) is 11.1 Å². The van der Waals surface area contributed by atoms with Crippen LogP contribution in [-0.2, 0) is 6.18 Å². The molecule has 11 heteroatoms. The Morgan fingerprint density at radius 1 is 1.33 bits per heavy atom. The van der Waals surface area contributed by atoms with Crippen molar-refractivity contribution in [2.24, 2.45) is 0 Å². The van der Waals surface area contributed by atoms with Gasteiger partial charge in [0.05, 0.1) is 16.6 Å². The second-order valence-corrected chi connectivity index (χ2v) is 4.13. The number of hydrogen-bond acceptors (Lipinski definition) is 7. The van der Waals surface area contributed by atoms with Crippen molar-refractivity contribution >= 4 is 23.0 Å². The predicted molar refractivity (Wildman–Crippen MR) is 79.1 cm³/mol. The second-order valence-electron chi connectivity index (χ2n) is 4.13. The molecule has 3 N–H and O–H groups in total. The Balaban J connectivity index is 0.000000891. The molecule has 126 valence electrons. The Morgan fingerprint density at radius 3 is 2.42 bits per heavy atom. The van der Waals surface area contributed by atoms with Crippen LogP contribution in [0.1, 0.15) is 12.5 Å². The van der Waals surface area contributed by atoms with Crippen molar-refractivity contribution < 1.29 is 18.1 Å². The summed E-state index contributed by atoms with van der Waals surface area (Å²) in [4.78, 5) is 17.3. The first-order valence-electron chi connectivity index (χ1n) is 6.20. The van der Waals surface area contributed by atoms with E-state index in [9.17, 15) is 23.3 Å². The van der Waals surface area contributed by atoms with Crippen LogP contribution in [0.25, 0.3) is 0 Å². The van der Waals surface area contributed by atoms with Gasteiger partial charge in [-0.25, -0.2) is 9.97 Å². The summed E-state index contributed by atoms with van der Waals surface area (Å²) >= 11 is 0. The molecule has 0 radical (unpaired) electrons. The smallest absolute Gasteiger partial charge is 0.378 e. The van der Waals surface area contributed by atoms with E-state index in [1.807, 2.05) is 0 Å². The van der Waals surface area contributed by atoms with E-state index >= 15 is 0 Å². The number of nitrogens with two attached hydrogens (primary N) is 1. The number of pyridine rings is 2. The lowest BCUT2D eigenvalue weighted by atomic mass is 10.2. The number of nitriles is 1. The fourth-order valence-electron chi connectivity index (χ4n) is 1.54. The quantitative estimate of drug-likeness (QED) is 0.647. The van der Waals surface area contributed by atoms with E-state index in [0.29, 0.717) is 6.20 Å². The summed E-state index contributed by atoms with van der Waals surface area (Å²) in [6.45, 7) is 1.43. The van der Waals surface area contributed by atoms with Gasteiger partial charge in [-0.15, -0.1) is 0 Å². The lowest BCUT2D eigenvalue weighted by Crippen LogP contribution is -2.06. The normalized spacial score (nSPS) is 10.1. The van der Waals surface area contributed by atoms with Gasteiger partial charge in [0.25, 0.3) is 0 Å². The van der Waals surface area contributed by atoms with Gasteiger partial charge in [-0.1, -0.05) is 0 Å². The average Bonchev–Trinajstić information content (AvgIpc) is 2.47. The van der Waals surface area contributed by atoms with Crippen LogP contribution in [0.15, 0.2) is 30.6 Å². The molecule has 0 fully saturated rings. The molecule has 0 unspecified atom stereocenters. The lowest BCUT2D eigenvalue weighted by Gasteiger charge is -2.09. The number of anilines is 3. The Kier molecular flexibility index (Phi) is 6.00. The highest BCUT2D eigenvalue weighted by Gasteiger charge is 2.30. The van der Waals surface area contributed by atoms with E-state index in [1.54, 1.807) is 6.07 Å². The standard InChI is InChI=1S/C11H8F3N5O2.C2H3N/c12-11(13,14)6-1-2-8(17-5-6)18-7-3-4-16-10(15)9(7)19(20)21;1-2-3/h1-5H,(H3,15,16,17,18);1H3. The molecule has 2 heterocycles. The van der Waals surface area contributed by atoms with Gasteiger partial charge in [-0.05, 0) is 18.2 Å². The Hall–Kier alpha value is -3.42. The van der Waals surface area contributed by atoms with E-state index in [-0.39, 0.29) is 17.3 Å². The van der Waals surface area contributed by atoms with Crippen molar-refractivity contribution in [3.63, 3.8) is 0 Å². The van der Waals surface area contributed by atoms with Crippen LogP contribution in [0, 0.1) is 21.4 Å². The molecule has 0 aliphatic rings. The summed E-state index contributed by atoms with van der Waals surface area (Å²) < 4.78 is 37.2. The van der Waals surface area contributed by atoms with Crippen LogP contribution in [0.4, 0.5) is 36.2 Å². The molecule has 2 aromatic heterocycles. The minimum Gasteiger partial charge on any atom is -0.378 e. The van der Waals surface area contributed by atoms with Gasteiger partial charge in [0.1, 0.15) is 11.5 Å². The maximum atomic E-state index is 12.4. The van der Waals surface area contributed by atoms with Crippen LogP contribution in [0.2, 0.25) is 0 Å². The van der Waals surface area contributed by atoms with Gasteiger partial charge < -0.3 is 11.1 Å². The highest BCUT2D eigenvalue weighted by molar-refractivity contribution is 5.74. The number of rotatable bonds is 3. The summed E-state index contributed by atoms with van der Waals surface area (Å²) in [5, 5.41) is 20.7. The van der Waals surface area contributed by atoms with Crippen LogP contribution in [0.5, 0.6) is 0 Å². The number of nitrogen functional groups attached to an aromatic ring is 1. The second kappa shape index (κ2) is 7.73. The van der Waals surface area contributed by atoms with E-state index in [2.05, 4.69) is 15.3 Å². The van der Waals surface area contributed by atoms with Gasteiger partial charge in [-0.2, -0.15) is 18.4 Å². The summed E-state index contributed by atoms with van der Waals surface area (Å²) in [5.74, 6) is -0.298. The fraction of sp³-hybridized carbons (Fsp3) is 0.154. The molecular weight excluding hydrogens is 329 g/mol. The van der Waals surface area contributed by atoms with Gasteiger partial charge in [0.2, 0.25) is 5.82 Å². The molecule has 0 amide bonds. The molecule has 0 bridgehead atoms. The summed E-state index contributed by atoms with van der Waals surface area (Å²) in [7, 11) is 0. The number of nitrogens with one attached hydrogen (secondary N) is 1. The molecule has 8 nitrogen and oxygen atoms in total. The summed E-state index contributed by atoms with van der Waals surface area (Å²) in [5.41, 5.74) is 3.99. The molecular formula is C13H11F3N6O2. The van der Waals surface area contributed by atoms with Crippen LogP contribution in [0.3, 0.4) is 0 Å². The van der Waals surface area contributed by atoms with Gasteiger partial charge in [-0.3, -0.25) is 10.1 Å². The maximum Gasteiger partial charge on any atom is 0.417 e. The van der Waals surface area contributed by atoms with Gasteiger partial charge in [0, 0.05) is 19.3 Å². The topological polar surface area (TPSA) is 131 Å². The number of alkyl halides is 3. The summed E-state index contributed by atoms with van der Waals surface area (Å²) in [6, 6.07) is 4.89. The van der Waals surface area contributed by atoms with E-state index in [1.165, 1.54) is 19.2 Å². The predicted octanol–water partition coefficient (Wildman–Crippen LogP) is 3.26. The Labute approximate surface area is 133 Å². The zero-order valence-electron chi connectivity index (χ0n) is 12.2. The van der Waals surface area contributed by atoms with E-state index in [0.717, 1.165) is 12.1 Å². The number of aromatic nitrogens is 2. The number of halogens is 3. The van der Waals surface area contributed by atoms with Crippen LogP contribution < -0.4 is 11.1 Å². The molecule has 2 rings (SSSR count). The number of nitro groups is 1.